The minimum absolute atomic E-state index is 0.488. The van der Waals surface area contributed by atoms with Crippen LogP contribution in [0.15, 0.2) is 12.1 Å². The van der Waals surface area contributed by atoms with Crippen molar-refractivity contribution in [3.05, 3.63) is 52.9 Å². The summed E-state index contributed by atoms with van der Waals surface area (Å²) < 4.78 is 92.1. The average Bonchev–Trinajstić information content (AvgIpc) is 2.46. The van der Waals surface area contributed by atoms with Crippen LogP contribution in [0, 0.1) is 40.7 Å². The second-order valence-corrected chi connectivity index (χ2v) is 3.90. The highest BCUT2D eigenvalue weighted by Crippen LogP contribution is 2.33. The van der Waals surface area contributed by atoms with E-state index in [1.54, 1.807) is 5.32 Å². The summed E-state index contributed by atoms with van der Waals surface area (Å²) in [6.07, 6.45) is 0. The summed E-state index contributed by atoms with van der Waals surface area (Å²) in [6.45, 7) is 0. The molecule has 3 N–H and O–H groups in total. The Balaban J connectivity index is 2.64. The minimum atomic E-state index is -2.37. The van der Waals surface area contributed by atoms with Crippen molar-refractivity contribution in [2.75, 3.05) is 11.1 Å². The molecule has 0 aliphatic heterocycles. The van der Waals surface area contributed by atoms with E-state index < -0.39 is 57.8 Å². The molecular weight excluding hydrogens is 305 g/mol. The Bertz CT molecular complexity index is 701. The van der Waals surface area contributed by atoms with Crippen LogP contribution in [-0.2, 0) is 0 Å². The van der Waals surface area contributed by atoms with Crippen LogP contribution in [0.25, 0.3) is 0 Å². The van der Waals surface area contributed by atoms with E-state index in [1.165, 1.54) is 0 Å². The Labute approximate surface area is 113 Å². The van der Waals surface area contributed by atoms with E-state index in [0.717, 1.165) is 6.07 Å². The molecule has 9 heteroatoms. The maximum absolute atomic E-state index is 13.5. The van der Waals surface area contributed by atoms with Crippen molar-refractivity contribution in [3.8, 4) is 0 Å². The van der Waals surface area contributed by atoms with Crippen molar-refractivity contribution in [3.63, 3.8) is 0 Å². The van der Waals surface area contributed by atoms with Gasteiger partial charge in [-0.2, -0.15) is 0 Å². The maximum Gasteiger partial charge on any atom is 0.200 e. The number of hydrogen-bond acceptors (Lipinski definition) is 2. The van der Waals surface area contributed by atoms with Crippen LogP contribution >= 0.6 is 0 Å². The lowest BCUT2D eigenvalue weighted by Gasteiger charge is -2.13. The maximum atomic E-state index is 13.5. The van der Waals surface area contributed by atoms with Gasteiger partial charge < -0.3 is 11.1 Å². The van der Waals surface area contributed by atoms with Gasteiger partial charge in [0.05, 0.1) is 5.69 Å². The van der Waals surface area contributed by atoms with E-state index in [0.29, 0.717) is 6.07 Å². The van der Waals surface area contributed by atoms with Gasteiger partial charge in [0.2, 0.25) is 5.82 Å². The van der Waals surface area contributed by atoms with Gasteiger partial charge in [-0.15, -0.1) is 0 Å². The first kappa shape index (κ1) is 14.9. The monoisotopic (exact) mass is 310 g/mol. The lowest BCUT2D eigenvalue weighted by atomic mass is 10.2. The molecule has 0 unspecified atom stereocenters. The second-order valence-electron chi connectivity index (χ2n) is 3.90. The fourth-order valence-electron chi connectivity index (χ4n) is 1.53. The summed E-state index contributed by atoms with van der Waals surface area (Å²) >= 11 is 0. The molecular formula is C12H5F7N2. The highest BCUT2D eigenvalue weighted by atomic mass is 19.2. The van der Waals surface area contributed by atoms with Crippen LogP contribution in [0.3, 0.4) is 0 Å². The summed E-state index contributed by atoms with van der Waals surface area (Å²) in [5.74, 6) is -14.3. The lowest BCUT2D eigenvalue weighted by Crippen LogP contribution is -2.09. The Hall–Kier alpha value is -2.45. The largest absolute Gasteiger partial charge is 0.397 e. The van der Waals surface area contributed by atoms with Crippen LogP contribution in [0.2, 0.25) is 0 Å². The van der Waals surface area contributed by atoms with Crippen molar-refractivity contribution >= 4 is 17.1 Å². The van der Waals surface area contributed by atoms with Gasteiger partial charge in [0.15, 0.2) is 34.9 Å². The number of nitrogen functional groups attached to an aromatic ring is 1. The highest BCUT2D eigenvalue weighted by Gasteiger charge is 2.27. The number of hydrogen-bond donors (Lipinski definition) is 2. The van der Waals surface area contributed by atoms with Crippen molar-refractivity contribution in [1.82, 2.24) is 0 Å². The third-order valence-electron chi connectivity index (χ3n) is 2.59. The van der Waals surface area contributed by atoms with Crippen molar-refractivity contribution in [2.45, 2.75) is 0 Å². The van der Waals surface area contributed by atoms with Gasteiger partial charge in [-0.05, 0) is 12.1 Å². The summed E-state index contributed by atoms with van der Waals surface area (Å²) in [6, 6.07) is 1.49. The van der Waals surface area contributed by atoms with Gasteiger partial charge in [0, 0.05) is 0 Å². The molecule has 0 bridgehead atoms. The molecule has 0 aliphatic rings. The summed E-state index contributed by atoms with van der Waals surface area (Å²) in [7, 11) is 0. The van der Waals surface area contributed by atoms with E-state index in [1.807, 2.05) is 0 Å². The first-order valence-electron chi connectivity index (χ1n) is 5.27. The third kappa shape index (κ3) is 2.34. The Morgan fingerprint density at radius 1 is 0.619 bits per heavy atom. The Morgan fingerprint density at radius 3 is 1.62 bits per heavy atom. The molecule has 0 amide bonds. The molecule has 0 fully saturated rings. The number of halogens is 7. The average molecular weight is 310 g/mol. The van der Waals surface area contributed by atoms with E-state index in [-0.39, 0.29) is 0 Å². The zero-order valence-electron chi connectivity index (χ0n) is 9.88. The molecule has 0 atom stereocenters. The lowest BCUT2D eigenvalue weighted by molar-refractivity contribution is 0.382. The molecule has 0 saturated heterocycles. The molecule has 0 heterocycles. The zero-order chi connectivity index (χ0) is 15.9. The molecule has 0 aromatic heterocycles. The summed E-state index contributed by atoms with van der Waals surface area (Å²) in [5.41, 5.74) is 2.30. The van der Waals surface area contributed by atoms with E-state index >= 15 is 0 Å². The van der Waals surface area contributed by atoms with Gasteiger partial charge in [-0.1, -0.05) is 0 Å². The quantitative estimate of drug-likeness (QED) is 0.381. The zero-order valence-corrected chi connectivity index (χ0v) is 9.88. The minimum Gasteiger partial charge on any atom is -0.397 e. The number of anilines is 3. The van der Waals surface area contributed by atoms with Crippen molar-refractivity contribution in [2.24, 2.45) is 0 Å². The smallest absolute Gasteiger partial charge is 0.200 e. The fourth-order valence-corrected chi connectivity index (χ4v) is 1.53. The molecule has 0 saturated carbocycles. The molecule has 0 aliphatic carbocycles. The van der Waals surface area contributed by atoms with E-state index in [2.05, 4.69) is 0 Å². The molecule has 2 nitrogen and oxygen atoms in total. The molecule has 2 aromatic rings. The van der Waals surface area contributed by atoms with Gasteiger partial charge >= 0.3 is 0 Å². The van der Waals surface area contributed by atoms with Crippen LogP contribution in [0.5, 0.6) is 0 Å². The predicted molar refractivity (Wildman–Crippen MR) is 60.3 cm³/mol. The van der Waals surface area contributed by atoms with Crippen LogP contribution in [0.1, 0.15) is 0 Å². The predicted octanol–water partition coefficient (Wildman–Crippen LogP) is 3.99. The highest BCUT2D eigenvalue weighted by molar-refractivity contribution is 5.73. The van der Waals surface area contributed by atoms with Crippen LogP contribution < -0.4 is 11.1 Å². The molecule has 112 valence electrons. The molecule has 0 radical (unpaired) electrons. The van der Waals surface area contributed by atoms with E-state index in [4.69, 9.17) is 5.73 Å². The van der Waals surface area contributed by atoms with Crippen LogP contribution in [-0.4, -0.2) is 0 Å². The second kappa shape index (κ2) is 5.15. The van der Waals surface area contributed by atoms with Gasteiger partial charge in [-0.25, -0.2) is 30.7 Å². The number of rotatable bonds is 2. The van der Waals surface area contributed by atoms with Crippen molar-refractivity contribution < 1.29 is 30.7 Å². The molecule has 2 aromatic carbocycles. The standard InChI is InChI=1S/C12H5F7N2/c13-3-1-2-4(20)11(5(3)14)21-12-9(18)7(16)6(15)8(17)10(12)19/h1-2,21H,20H2. The number of benzene rings is 2. The van der Waals surface area contributed by atoms with Gasteiger partial charge in [0.25, 0.3) is 0 Å². The topological polar surface area (TPSA) is 38.0 Å². The Kier molecular flexibility index (Phi) is 3.67. The number of nitrogens with one attached hydrogen (secondary N) is 1. The molecule has 21 heavy (non-hydrogen) atoms. The summed E-state index contributed by atoms with van der Waals surface area (Å²) in [4.78, 5) is 0. The van der Waals surface area contributed by atoms with Gasteiger partial charge in [0.1, 0.15) is 11.4 Å². The molecule has 0 spiro atoms. The fraction of sp³-hybridized carbons (Fsp3) is 0. The van der Waals surface area contributed by atoms with Crippen LogP contribution in [0.4, 0.5) is 47.8 Å². The molecule has 2 rings (SSSR count). The van der Waals surface area contributed by atoms with E-state index in [9.17, 15) is 30.7 Å². The first-order valence-corrected chi connectivity index (χ1v) is 5.27. The first-order chi connectivity index (χ1) is 9.75. The normalized spacial score (nSPS) is 10.8. The third-order valence-corrected chi connectivity index (χ3v) is 2.59. The summed E-state index contributed by atoms with van der Waals surface area (Å²) in [5, 5.41) is 1.59. The number of nitrogens with two attached hydrogens (primary N) is 1. The van der Waals surface area contributed by atoms with Crippen molar-refractivity contribution in [1.29, 1.82) is 0 Å². The van der Waals surface area contributed by atoms with Gasteiger partial charge in [-0.3, -0.25) is 0 Å². The Morgan fingerprint density at radius 2 is 1.10 bits per heavy atom. The SMILES string of the molecule is Nc1ccc(F)c(F)c1Nc1c(F)c(F)c(F)c(F)c1F.